The van der Waals surface area contributed by atoms with Crippen LogP contribution in [0.1, 0.15) is 20.3 Å². The molecule has 2 atom stereocenters. The van der Waals surface area contributed by atoms with Crippen molar-refractivity contribution in [3.63, 3.8) is 0 Å². The van der Waals surface area contributed by atoms with Crippen molar-refractivity contribution < 1.29 is 14.3 Å². The molecule has 0 radical (unpaired) electrons. The first-order valence-corrected chi connectivity index (χ1v) is 4.00. The third-order valence-corrected chi connectivity index (χ3v) is 1.79. The highest BCUT2D eigenvalue weighted by Gasteiger charge is 2.32. The van der Waals surface area contributed by atoms with Crippen LogP contribution < -0.4 is 0 Å². The number of carbonyl (C=O) groups is 1. The van der Waals surface area contributed by atoms with E-state index in [1.54, 1.807) is 0 Å². The summed E-state index contributed by atoms with van der Waals surface area (Å²) in [4.78, 5) is 15.2. The van der Waals surface area contributed by atoms with Crippen molar-refractivity contribution in [2.24, 2.45) is 4.99 Å². The molecule has 1 heterocycles. The monoisotopic (exact) mass is 171 g/mol. The summed E-state index contributed by atoms with van der Waals surface area (Å²) >= 11 is 0. The van der Waals surface area contributed by atoms with Gasteiger partial charge in [-0.3, -0.25) is 0 Å². The fourth-order valence-corrected chi connectivity index (χ4v) is 1.11. The Bertz CT molecular complexity index is 212. The Balaban J connectivity index is 2.66. The Hall–Kier alpha value is -1.06. The molecule has 1 rings (SSSR count). The highest BCUT2D eigenvalue weighted by atomic mass is 16.5. The first-order chi connectivity index (χ1) is 5.69. The molecule has 0 aromatic heterocycles. The van der Waals surface area contributed by atoms with Crippen LogP contribution in [0, 0.1) is 0 Å². The highest BCUT2D eigenvalue weighted by Crippen LogP contribution is 2.15. The van der Waals surface area contributed by atoms with Gasteiger partial charge in [0.2, 0.25) is 0 Å². The van der Waals surface area contributed by atoms with Crippen LogP contribution in [-0.4, -0.2) is 31.1 Å². The third-order valence-electron chi connectivity index (χ3n) is 1.79. The van der Waals surface area contributed by atoms with Gasteiger partial charge in [-0.1, -0.05) is 6.92 Å². The standard InChI is InChI=1S/C8H13NO3/c1-4-6-9-7(5(2)12-6)8(10)11-3/h5,7H,4H2,1-3H3. The van der Waals surface area contributed by atoms with E-state index in [0.717, 1.165) is 6.42 Å². The molecule has 0 saturated heterocycles. The number of aliphatic imine (C=N–C) groups is 1. The van der Waals surface area contributed by atoms with E-state index in [1.165, 1.54) is 7.11 Å². The molecule has 0 aromatic rings. The van der Waals surface area contributed by atoms with Crippen molar-refractivity contribution in [2.45, 2.75) is 32.4 Å². The molecular weight excluding hydrogens is 158 g/mol. The lowest BCUT2D eigenvalue weighted by atomic mass is 10.2. The normalized spacial score (nSPS) is 27.8. The molecule has 0 bridgehead atoms. The molecule has 2 unspecified atom stereocenters. The zero-order valence-corrected chi connectivity index (χ0v) is 7.53. The number of ether oxygens (including phenoxy) is 2. The third kappa shape index (κ3) is 1.57. The van der Waals surface area contributed by atoms with Crippen LogP contribution in [0.5, 0.6) is 0 Å². The largest absolute Gasteiger partial charge is 0.475 e. The SMILES string of the molecule is CCC1=NC(C(=O)OC)C(C)O1. The maximum Gasteiger partial charge on any atom is 0.334 e. The topological polar surface area (TPSA) is 47.9 Å². The summed E-state index contributed by atoms with van der Waals surface area (Å²) in [7, 11) is 1.36. The average molecular weight is 171 g/mol. The lowest BCUT2D eigenvalue weighted by Gasteiger charge is -2.09. The van der Waals surface area contributed by atoms with Crippen LogP contribution >= 0.6 is 0 Å². The predicted molar refractivity (Wildman–Crippen MR) is 44.1 cm³/mol. The van der Waals surface area contributed by atoms with E-state index in [2.05, 4.69) is 9.73 Å². The van der Waals surface area contributed by atoms with Crippen molar-refractivity contribution >= 4 is 11.9 Å². The molecule has 1 aliphatic heterocycles. The van der Waals surface area contributed by atoms with Crippen LogP contribution in [0.2, 0.25) is 0 Å². The summed E-state index contributed by atoms with van der Waals surface area (Å²) in [5.74, 6) is 0.309. The minimum Gasteiger partial charge on any atom is -0.475 e. The van der Waals surface area contributed by atoms with E-state index in [9.17, 15) is 4.79 Å². The van der Waals surface area contributed by atoms with Crippen molar-refractivity contribution in [1.29, 1.82) is 0 Å². The fraction of sp³-hybridized carbons (Fsp3) is 0.750. The van der Waals surface area contributed by atoms with Crippen molar-refractivity contribution in [1.82, 2.24) is 0 Å². The second-order valence-electron chi connectivity index (χ2n) is 2.67. The van der Waals surface area contributed by atoms with Gasteiger partial charge in [0.1, 0.15) is 6.10 Å². The molecule has 0 spiro atoms. The second-order valence-corrected chi connectivity index (χ2v) is 2.67. The second kappa shape index (κ2) is 3.56. The van der Waals surface area contributed by atoms with Gasteiger partial charge in [0, 0.05) is 6.42 Å². The number of esters is 1. The first-order valence-electron chi connectivity index (χ1n) is 4.00. The first kappa shape index (κ1) is 9.03. The van der Waals surface area contributed by atoms with E-state index in [0.29, 0.717) is 5.90 Å². The molecule has 68 valence electrons. The molecule has 0 amide bonds. The number of hydrogen-bond acceptors (Lipinski definition) is 4. The minimum absolute atomic E-state index is 0.188. The summed E-state index contributed by atoms with van der Waals surface area (Å²) in [6.45, 7) is 3.75. The maximum absolute atomic E-state index is 11.1. The summed E-state index contributed by atoms with van der Waals surface area (Å²) < 4.78 is 9.87. The Labute approximate surface area is 71.6 Å². The number of rotatable bonds is 2. The summed E-state index contributed by atoms with van der Waals surface area (Å²) in [5, 5.41) is 0. The van der Waals surface area contributed by atoms with Crippen molar-refractivity contribution in [3.05, 3.63) is 0 Å². The lowest BCUT2D eigenvalue weighted by molar-refractivity contribution is -0.143. The quantitative estimate of drug-likeness (QED) is 0.576. The van der Waals surface area contributed by atoms with Crippen LogP contribution in [0.3, 0.4) is 0 Å². The van der Waals surface area contributed by atoms with Gasteiger partial charge >= 0.3 is 5.97 Å². The number of hydrogen-bond donors (Lipinski definition) is 0. The molecule has 12 heavy (non-hydrogen) atoms. The Morgan fingerprint density at radius 2 is 2.42 bits per heavy atom. The Morgan fingerprint density at radius 1 is 1.75 bits per heavy atom. The molecule has 1 aliphatic rings. The number of nitrogens with zero attached hydrogens (tertiary/aromatic N) is 1. The number of carbonyl (C=O) groups excluding carboxylic acids is 1. The van der Waals surface area contributed by atoms with Gasteiger partial charge in [0.15, 0.2) is 11.9 Å². The number of methoxy groups -OCH3 is 1. The summed E-state index contributed by atoms with van der Waals surface area (Å²) in [5.41, 5.74) is 0. The molecule has 4 heteroatoms. The molecule has 0 N–H and O–H groups in total. The average Bonchev–Trinajstić information content (AvgIpc) is 2.45. The van der Waals surface area contributed by atoms with Gasteiger partial charge < -0.3 is 9.47 Å². The van der Waals surface area contributed by atoms with Crippen LogP contribution in [0.25, 0.3) is 0 Å². The zero-order chi connectivity index (χ0) is 9.14. The van der Waals surface area contributed by atoms with Gasteiger partial charge in [-0.25, -0.2) is 9.79 Å². The molecular formula is C8H13NO3. The van der Waals surface area contributed by atoms with Crippen molar-refractivity contribution in [3.8, 4) is 0 Å². The highest BCUT2D eigenvalue weighted by molar-refractivity contribution is 5.86. The lowest BCUT2D eigenvalue weighted by Crippen LogP contribution is -2.28. The minimum atomic E-state index is -0.468. The molecule has 0 aromatic carbocycles. The van der Waals surface area contributed by atoms with Gasteiger partial charge in [-0.15, -0.1) is 0 Å². The molecule has 0 saturated carbocycles. The zero-order valence-electron chi connectivity index (χ0n) is 7.53. The van der Waals surface area contributed by atoms with Gasteiger partial charge in [-0.2, -0.15) is 0 Å². The van der Waals surface area contributed by atoms with E-state index in [-0.39, 0.29) is 12.1 Å². The van der Waals surface area contributed by atoms with Gasteiger partial charge in [-0.05, 0) is 6.92 Å². The smallest absolute Gasteiger partial charge is 0.334 e. The van der Waals surface area contributed by atoms with E-state index >= 15 is 0 Å². The predicted octanol–water partition coefficient (Wildman–Crippen LogP) is 0.755. The van der Waals surface area contributed by atoms with Crippen LogP contribution in [-0.2, 0) is 14.3 Å². The van der Waals surface area contributed by atoms with Gasteiger partial charge in [0.25, 0.3) is 0 Å². The molecule has 0 aliphatic carbocycles. The summed E-state index contributed by atoms with van der Waals surface area (Å²) in [6.07, 6.45) is 0.532. The van der Waals surface area contributed by atoms with E-state index in [4.69, 9.17) is 4.74 Å². The van der Waals surface area contributed by atoms with Crippen molar-refractivity contribution in [2.75, 3.05) is 7.11 Å². The van der Waals surface area contributed by atoms with Crippen LogP contribution in [0.15, 0.2) is 4.99 Å². The summed E-state index contributed by atoms with van der Waals surface area (Å²) in [6, 6.07) is -0.468. The Kier molecular flexibility index (Phi) is 2.68. The van der Waals surface area contributed by atoms with Crippen LogP contribution in [0.4, 0.5) is 0 Å². The van der Waals surface area contributed by atoms with Gasteiger partial charge in [0.05, 0.1) is 7.11 Å². The molecule has 4 nitrogen and oxygen atoms in total. The molecule has 0 fully saturated rings. The van der Waals surface area contributed by atoms with E-state index in [1.807, 2.05) is 13.8 Å². The van der Waals surface area contributed by atoms with E-state index < -0.39 is 6.04 Å². The fourth-order valence-electron chi connectivity index (χ4n) is 1.11. The Morgan fingerprint density at radius 3 is 2.83 bits per heavy atom. The maximum atomic E-state index is 11.1.